The average molecular weight is 243 g/mol. The van der Waals surface area contributed by atoms with Crippen molar-refractivity contribution in [2.45, 2.75) is 0 Å². The normalized spacial score (nSPS) is 17.4. The van der Waals surface area contributed by atoms with Gasteiger partial charge in [-0.05, 0) is 30.3 Å². The van der Waals surface area contributed by atoms with Gasteiger partial charge in [-0.25, -0.2) is 4.99 Å². The Kier molecular flexibility index (Phi) is 3.14. The van der Waals surface area contributed by atoms with Crippen LogP contribution in [0.1, 0.15) is 0 Å². The van der Waals surface area contributed by atoms with Gasteiger partial charge < -0.3 is 15.6 Å². The molecular formula is C13H13N3O2. The van der Waals surface area contributed by atoms with E-state index >= 15 is 0 Å². The minimum absolute atomic E-state index is 0.181. The monoisotopic (exact) mass is 243 g/mol. The maximum atomic E-state index is 9.18. The zero-order valence-electron chi connectivity index (χ0n) is 9.84. The molecule has 0 unspecified atom stereocenters. The van der Waals surface area contributed by atoms with Gasteiger partial charge in [0, 0.05) is 6.08 Å². The van der Waals surface area contributed by atoms with Crippen LogP contribution < -0.4 is 5.73 Å². The van der Waals surface area contributed by atoms with E-state index < -0.39 is 0 Å². The number of nitrogens with two attached hydrogens (primary N) is 1. The Labute approximate surface area is 104 Å². The highest BCUT2D eigenvalue weighted by Crippen LogP contribution is 2.19. The van der Waals surface area contributed by atoms with Crippen LogP contribution in [0.3, 0.4) is 0 Å². The van der Waals surface area contributed by atoms with Crippen molar-refractivity contribution in [2.24, 2.45) is 10.7 Å². The summed E-state index contributed by atoms with van der Waals surface area (Å²) in [5.74, 6) is 0.600. The van der Waals surface area contributed by atoms with Crippen LogP contribution in [0, 0.1) is 5.41 Å². The quantitative estimate of drug-likeness (QED) is 0.692. The first-order valence-corrected chi connectivity index (χ1v) is 5.30. The van der Waals surface area contributed by atoms with Crippen LogP contribution >= 0.6 is 0 Å². The van der Waals surface area contributed by atoms with Gasteiger partial charge in [0.15, 0.2) is 0 Å². The van der Waals surface area contributed by atoms with Crippen LogP contribution in [0.5, 0.6) is 5.75 Å². The molecule has 1 aliphatic rings. The standard InChI is InChI=1S/C13H13N3O2/c1-18-13-7-12(10(14)6-11(13)15)16-8-2-4-9(17)5-3-8/h2-7,15,17H,14H2,1H3/b15-11?,16-12-. The molecule has 0 fully saturated rings. The topological polar surface area (TPSA) is 91.7 Å². The van der Waals surface area contributed by atoms with Crippen molar-refractivity contribution in [1.82, 2.24) is 0 Å². The Morgan fingerprint density at radius 2 is 1.89 bits per heavy atom. The summed E-state index contributed by atoms with van der Waals surface area (Å²) in [4.78, 5) is 4.33. The van der Waals surface area contributed by atoms with Crippen LogP contribution in [0.4, 0.5) is 5.69 Å². The molecule has 4 N–H and O–H groups in total. The number of allylic oxidation sites excluding steroid dienone is 2. The first-order chi connectivity index (χ1) is 8.60. The highest BCUT2D eigenvalue weighted by Gasteiger charge is 2.14. The maximum absolute atomic E-state index is 9.18. The number of phenolic OH excluding ortho intramolecular Hbond substituents is 1. The Morgan fingerprint density at radius 1 is 1.22 bits per heavy atom. The molecule has 0 spiro atoms. The fourth-order valence-corrected chi connectivity index (χ4v) is 1.52. The highest BCUT2D eigenvalue weighted by molar-refractivity contribution is 6.22. The predicted octanol–water partition coefficient (Wildman–Crippen LogP) is 1.87. The third-order valence-electron chi connectivity index (χ3n) is 2.45. The lowest BCUT2D eigenvalue weighted by molar-refractivity contribution is 0.315. The third-order valence-corrected chi connectivity index (χ3v) is 2.45. The van der Waals surface area contributed by atoms with E-state index in [1.54, 1.807) is 30.3 Å². The summed E-state index contributed by atoms with van der Waals surface area (Å²) in [5, 5.41) is 16.8. The van der Waals surface area contributed by atoms with Crippen molar-refractivity contribution in [3.05, 3.63) is 47.9 Å². The van der Waals surface area contributed by atoms with Gasteiger partial charge in [-0.2, -0.15) is 0 Å². The molecule has 1 aromatic rings. The van der Waals surface area contributed by atoms with Gasteiger partial charge in [-0.1, -0.05) is 0 Å². The van der Waals surface area contributed by atoms with Crippen LogP contribution in [0.2, 0.25) is 0 Å². The van der Waals surface area contributed by atoms with Gasteiger partial charge in [-0.3, -0.25) is 5.41 Å². The molecular weight excluding hydrogens is 230 g/mol. The molecule has 5 nitrogen and oxygen atoms in total. The minimum atomic E-state index is 0.181. The molecule has 1 aliphatic carbocycles. The van der Waals surface area contributed by atoms with Crippen LogP contribution in [0.15, 0.2) is 52.9 Å². The smallest absolute Gasteiger partial charge is 0.146 e. The second-order valence-corrected chi connectivity index (χ2v) is 3.74. The molecule has 5 heteroatoms. The molecule has 18 heavy (non-hydrogen) atoms. The number of ether oxygens (including phenoxy) is 1. The maximum Gasteiger partial charge on any atom is 0.146 e. The number of aromatic hydroxyl groups is 1. The van der Waals surface area contributed by atoms with Crippen LogP contribution in [-0.4, -0.2) is 23.6 Å². The van der Waals surface area contributed by atoms with Crippen molar-refractivity contribution in [3.63, 3.8) is 0 Å². The highest BCUT2D eigenvalue weighted by atomic mass is 16.5. The van der Waals surface area contributed by atoms with Gasteiger partial charge >= 0.3 is 0 Å². The Hall–Kier alpha value is -2.56. The fourth-order valence-electron chi connectivity index (χ4n) is 1.52. The lowest BCUT2D eigenvalue weighted by atomic mass is 10.1. The van der Waals surface area contributed by atoms with Gasteiger partial charge in [0.25, 0.3) is 0 Å². The molecule has 0 aromatic heterocycles. The van der Waals surface area contributed by atoms with Crippen molar-refractivity contribution in [3.8, 4) is 5.75 Å². The summed E-state index contributed by atoms with van der Waals surface area (Å²) in [6.07, 6.45) is 3.11. The van der Waals surface area contributed by atoms with Gasteiger partial charge in [0.1, 0.15) is 11.5 Å². The molecule has 0 saturated heterocycles. The summed E-state index contributed by atoms with van der Waals surface area (Å²) in [7, 11) is 1.49. The molecule has 0 radical (unpaired) electrons. The van der Waals surface area contributed by atoms with E-state index in [1.165, 1.54) is 13.2 Å². The molecule has 0 atom stereocenters. The van der Waals surface area contributed by atoms with Crippen molar-refractivity contribution >= 4 is 17.1 Å². The van der Waals surface area contributed by atoms with Crippen LogP contribution in [-0.2, 0) is 4.74 Å². The van der Waals surface area contributed by atoms with Crippen molar-refractivity contribution < 1.29 is 9.84 Å². The number of benzene rings is 1. The molecule has 0 aliphatic heterocycles. The molecule has 0 amide bonds. The summed E-state index contributed by atoms with van der Waals surface area (Å²) in [6.45, 7) is 0. The molecule has 0 heterocycles. The molecule has 1 aromatic carbocycles. The minimum Gasteiger partial charge on any atom is -0.508 e. The molecule has 2 rings (SSSR count). The van der Waals surface area contributed by atoms with Gasteiger partial charge in [0.05, 0.1) is 29.9 Å². The average Bonchev–Trinajstić information content (AvgIpc) is 2.35. The summed E-state index contributed by atoms with van der Waals surface area (Å²) >= 11 is 0. The van der Waals surface area contributed by atoms with E-state index in [2.05, 4.69) is 4.99 Å². The van der Waals surface area contributed by atoms with E-state index in [-0.39, 0.29) is 11.5 Å². The molecule has 0 saturated carbocycles. The van der Waals surface area contributed by atoms with E-state index in [1.807, 2.05) is 0 Å². The zero-order valence-corrected chi connectivity index (χ0v) is 9.84. The van der Waals surface area contributed by atoms with E-state index in [0.717, 1.165) is 0 Å². The lowest BCUT2D eigenvalue weighted by Crippen LogP contribution is -2.18. The Balaban J connectivity index is 2.37. The largest absolute Gasteiger partial charge is 0.508 e. The van der Waals surface area contributed by atoms with E-state index in [4.69, 9.17) is 15.9 Å². The number of hydrogen-bond acceptors (Lipinski definition) is 5. The zero-order chi connectivity index (χ0) is 13.1. The van der Waals surface area contributed by atoms with E-state index in [9.17, 15) is 5.11 Å². The fraction of sp³-hybridized carbons (Fsp3) is 0.0769. The number of aliphatic imine (C=N–C) groups is 1. The first kappa shape index (κ1) is 11.9. The summed E-state index contributed by atoms with van der Waals surface area (Å²) in [5.41, 5.74) is 7.64. The Morgan fingerprint density at radius 3 is 2.50 bits per heavy atom. The number of hydrogen-bond donors (Lipinski definition) is 3. The third kappa shape index (κ3) is 2.40. The predicted molar refractivity (Wildman–Crippen MR) is 70.3 cm³/mol. The second kappa shape index (κ2) is 4.75. The van der Waals surface area contributed by atoms with Crippen molar-refractivity contribution in [2.75, 3.05) is 7.11 Å². The second-order valence-electron chi connectivity index (χ2n) is 3.74. The van der Waals surface area contributed by atoms with Crippen LogP contribution in [0.25, 0.3) is 0 Å². The SMILES string of the molecule is COC1=C/C(=N/c2ccc(O)cc2)C(N)=CC1=N. The summed E-state index contributed by atoms with van der Waals surface area (Å²) in [6, 6.07) is 6.45. The van der Waals surface area contributed by atoms with Gasteiger partial charge in [-0.15, -0.1) is 0 Å². The van der Waals surface area contributed by atoms with E-state index in [0.29, 0.717) is 22.9 Å². The number of rotatable bonds is 2. The first-order valence-electron chi connectivity index (χ1n) is 5.30. The number of nitrogens with zero attached hydrogens (tertiary/aromatic N) is 1. The van der Waals surface area contributed by atoms with Gasteiger partial charge in [0.2, 0.25) is 0 Å². The number of nitrogens with one attached hydrogen (secondary N) is 1. The molecule has 92 valence electrons. The summed E-state index contributed by atoms with van der Waals surface area (Å²) < 4.78 is 5.05. The Bertz CT molecular complexity index is 568. The number of methoxy groups -OCH3 is 1. The molecule has 0 bridgehead atoms. The number of phenols is 1. The van der Waals surface area contributed by atoms with Crippen molar-refractivity contribution in [1.29, 1.82) is 5.41 Å². The lowest BCUT2D eigenvalue weighted by Gasteiger charge is -2.13.